The minimum atomic E-state index is -4.75. The molecule has 2 rings (SSSR count). The second-order valence-corrected chi connectivity index (χ2v) is 6.16. The second kappa shape index (κ2) is 8.72. The second-order valence-electron chi connectivity index (χ2n) is 6.16. The van der Waals surface area contributed by atoms with Crippen molar-refractivity contribution in [1.82, 2.24) is 0 Å². The molecule has 0 aliphatic rings. The number of anilines is 1. The summed E-state index contributed by atoms with van der Waals surface area (Å²) in [5.74, 6) is -1.33. The number of nitro benzene ring substituents is 1. The zero-order chi connectivity index (χ0) is 21.8. The number of nitrogens with one attached hydrogen (secondary N) is 1. The van der Waals surface area contributed by atoms with E-state index in [2.05, 4.69) is 5.32 Å². The van der Waals surface area contributed by atoms with E-state index in [1.807, 2.05) is 0 Å². The molecule has 2 aromatic rings. The summed E-state index contributed by atoms with van der Waals surface area (Å²) in [4.78, 5) is 34.6. The van der Waals surface area contributed by atoms with Crippen molar-refractivity contribution >= 4 is 23.1 Å². The molecular formula is C19H17F3N2O5. The average molecular weight is 410 g/mol. The third-order valence-electron chi connectivity index (χ3n) is 3.97. The Morgan fingerprint density at radius 1 is 1.10 bits per heavy atom. The van der Waals surface area contributed by atoms with Crippen molar-refractivity contribution < 1.29 is 32.4 Å². The van der Waals surface area contributed by atoms with Gasteiger partial charge in [-0.2, -0.15) is 13.2 Å². The minimum absolute atomic E-state index is 0.283. The first-order valence-corrected chi connectivity index (χ1v) is 8.42. The number of nitro groups is 1. The molecule has 2 atom stereocenters. The summed E-state index contributed by atoms with van der Waals surface area (Å²) in [7, 11) is 0. The van der Waals surface area contributed by atoms with Crippen LogP contribution in [0.15, 0.2) is 48.5 Å². The van der Waals surface area contributed by atoms with Crippen LogP contribution in [0.3, 0.4) is 0 Å². The van der Waals surface area contributed by atoms with Gasteiger partial charge in [-0.25, -0.2) is 4.79 Å². The van der Waals surface area contributed by atoms with Gasteiger partial charge < -0.3 is 10.1 Å². The number of carbonyl (C=O) groups is 2. The zero-order valence-corrected chi connectivity index (χ0v) is 15.4. The number of nitrogens with zero attached hydrogens (tertiary/aromatic N) is 1. The van der Waals surface area contributed by atoms with Crippen molar-refractivity contribution in [2.45, 2.75) is 32.2 Å². The van der Waals surface area contributed by atoms with Gasteiger partial charge in [0.05, 0.1) is 10.5 Å². The molecule has 2 aromatic carbocycles. The number of rotatable bonds is 7. The summed E-state index contributed by atoms with van der Waals surface area (Å²) in [5.41, 5.74) is -1.97. The fourth-order valence-electron chi connectivity index (χ4n) is 2.44. The molecule has 0 saturated heterocycles. The van der Waals surface area contributed by atoms with Crippen LogP contribution in [0.2, 0.25) is 0 Å². The summed E-state index contributed by atoms with van der Waals surface area (Å²) in [5, 5.41) is 13.6. The van der Waals surface area contributed by atoms with Gasteiger partial charge in [-0.15, -0.1) is 0 Å². The van der Waals surface area contributed by atoms with Crippen molar-refractivity contribution in [2.75, 3.05) is 5.32 Å². The highest BCUT2D eigenvalue weighted by molar-refractivity contribution is 6.00. The van der Waals surface area contributed by atoms with Gasteiger partial charge in [0.2, 0.25) is 5.78 Å². The predicted octanol–water partition coefficient (Wildman–Crippen LogP) is 4.23. The third kappa shape index (κ3) is 5.53. The lowest BCUT2D eigenvalue weighted by atomic mass is 10.1. The minimum Gasteiger partial charge on any atom is -0.453 e. The van der Waals surface area contributed by atoms with Gasteiger partial charge in [0.1, 0.15) is 11.7 Å². The Morgan fingerprint density at radius 2 is 1.72 bits per heavy atom. The fraction of sp³-hybridized carbons (Fsp3) is 0.263. The number of ketones is 1. The first-order valence-electron chi connectivity index (χ1n) is 8.42. The summed E-state index contributed by atoms with van der Waals surface area (Å²) in [6, 6.07) is 8.87. The van der Waals surface area contributed by atoms with Crippen molar-refractivity contribution in [1.29, 1.82) is 0 Å². The maximum Gasteiger partial charge on any atom is 0.416 e. The lowest BCUT2D eigenvalue weighted by Gasteiger charge is -2.18. The van der Waals surface area contributed by atoms with Crippen LogP contribution in [-0.2, 0) is 15.7 Å². The smallest absolute Gasteiger partial charge is 0.416 e. The molecule has 29 heavy (non-hydrogen) atoms. The van der Waals surface area contributed by atoms with Gasteiger partial charge in [-0.05, 0) is 26.0 Å². The number of esters is 1. The van der Waals surface area contributed by atoms with E-state index >= 15 is 0 Å². The number of ether oxygens (including phenoxy) is 1. The molecule has 0 amide bonds. The van der Waals surface area contributed by atoms with Gasteiger partial charge >= 0.3 is 12.1 Å². The van der Waals surface area contributed by atoms with E-state index < -0.39 is 46.2 Å². The van der Waals surface area contributed by atoms with E-state index in [0.29, 0.717) is 17.7 Å². The maximum absolute atomic E-state index is 12.8. The molecule has 10 heteroatoms. The molecule has 0 bridgehead atoms. The molecule has 1 N–H and O–H groups in total. The van der Waals surface area contributed by atoms with E-state index in [1.165, 1.54) is 13.8 Å². The van der Waals surface area contributed by atoms with Crippen molar-refractivity contribution in [3.63, 3.8) is 0 Å². The molecule has 0 radical (unpaired) electrons. The highest BCUT2D eigenvalue weighted by Crippen LogP contribution is 2.35. The van der Waals surface area contributed by atoms with Crippen LogP contribution in [0, 0.1) is 10.1 Å². The first kappa shape index (κ1) is 21.9. The molecule has 0 aromatic heterocycles. The topological polar surface area (TPSA) is 98.5 Å². The van der Waals surface area contributed by atoms with Gasteiger partial charge in [0, 0.05) is 11.6 Å². The van der Waals surface area contributed by atoms with Crippen molar-refractivity contribution in [3.8, 4) is 0 Å². The number of hydrogen-bond donors (Lipinski definition) is 1. The third-order valence-corrected chi connectivity index (χ3v) is 3.97. The largest absolute Gasteiger partial charge is 0.453 e. The number of benzene rings is 2. The van der Waals surface area contributed by atoms with E-state index in [0.717, 1.165) is 6.07 Å². The lowest BCUT2D eigenvalue weighted by molar-refractivity contribution is -0.384. The van der Waals surface area contributed by atoms with E-state index in [4.69, 9.17) is 4.74 Å². The Bertz CT molecular complexity index is 916. The highest BCUT2D eigenvalue weighted by atomic mass is 19.4. The number of Topliss-reactive ketones (excluding diaryl/α,β-unsaturated/α-hetero) is 1. The Kier molecular flexibility index (Phi) is 6.57. The van der Waals surface area contributed by atoms with Gasteiger partial charge in [-0.3, -0.25) is 14.9 Å². The Balaban J connectivity index is 2.11. The van der Waals surface area contributed by atoms with Crippen LogP contribution in [0.5, 0.6) is 0 Å². The molecule has 0 aliphatic carbocycles. The molecule has 0 spiro atoms. The average Bonchev–Trinajstić information content (AvgIpc) is 2.67. The van der Waals surface area contributed by atoms with Crippen LogP contribution < -0.4 is 5.32 Å². The number of alkyl halides is 3. The summed E-state index contributed by atoms with van der Waals surface area (Å²) < 4.78 is 43.4. The van der Waals surface area contributed by atoms with Crippen molar-refractivity contribution in [2.24, 2.45) is 0 Å². The highest BCUT2D eigenvalue weighted by Gasteiger charge is 2.33. The first-order chi connectivity index (χ1) is 13.5. The van der Waals surface area contributed by atoms with E-state index in [1.54, 1.807) is 30.3 Å². The maximum atomic E-state index is 12.8. The predicted molar refractivity (Wildman–Crippen MR) is 97.5 cm³/mol. The van der Waals surface area contributed by atoms with Crippen LogP contribution in [0.1, 0.15) is 29.8 Å². The molecule has 2 unspecified atom stereocenters. The normalized spacial score (nSPS) is 13.3. The Hall–Kier alpha value is -3.43. The molecule has 0 heterocycles. The van der Waals surface area contributed by atoms with Gasteiger partial charge in [-0.1, -0.05) is 30.3 Å². The number of hydrogen-bond acceptors (Lipinski definition) is 6. The molecule has 0 fully saturated rings. The molecular weight excluding hydrogens is 393 g/mol. The molecule has 0 saturated carbocycles. The van der Waals surface area contributed by atoms with E-state index in [-0.39, 0.29) is 5.69 Å². The lowest BCUT2D eigenvalue weighted by Crippen LogP contribution is -2.34. The number of carbonyl (C=O) groups excluding carboxylic acids is 2. The summed E-state index contributed by atoms with van der Waals surface area (Å²) in [6.45, 7) is 2.68. The Labute approximate surface area is 163 Å². The standard InChI is InChI=1S/C19H17F3N2O5/c1-11(18(26)29-12(2)17(25)13-6-4-3-5-7-13)23-15-9-8-14(19(20,21)22)10-16(15)24(27)28/h3-12,23H,1-2H3. The summed E-state index contributed by atoms with van der Waals surface area (Å²) in [6.07, 6.45) is -5.86. The van der Waals surface area contributed by atoms with Crippen LogP contribution in [0.4, 0.5) is 24.5 Å². The molecule has 154 valence electrons. The molecule has 7 nitrogen and oxygen atoms in total. The van der Waals surface area contributed by atoms with Crippen molar-refractivity contribution in [3.05, 3.63) is 69.8 Å². The van der Waals surface area contributed by atoms with Gasteiger partial charge in [0.25, 0.3) is 5.69 Å². The monoisotopic (exact) mass is 410 g/mol. The Morgan fingerprint density at radius 3 is 2.28 bits per heavy atom. The van der Waals surface area contributed by atoms with Crippen LogP contribution in [-0.4, -0.2) is 28.8 Å². The van der Waals surface area contributed by atoms with E-state index in [9.17, 15) is 32.9 Å². The quantitative estimate of drug-likeness (QED) is 0.317. The van der Waals surface area contributed by atoms with Crippen LogP contribution >= 0.6 is 0 Å². The SMILES string of the molecule is CC(Nc1ccc(C(F)(F)F)cc1[N+](=O)[O-])C(=O)OC(C)C(=O)c1ccccc1. The summed E-state index contributed by atoms with van der Waals surface area (Å²) >= 11 is 0. The zero-order valence-electron chi connectivity index (χ0n) is 15.4. The van der Waals surface area contributed by atoms with Gasteiger partial charge in [0.15, 0.2) is 6.10 Å². The van der Waals surface area contributed by atoms with Crippen LogP contribution in [0.25, 0.3) is 0 Å². The number of halogens is 3. The fourth-order valence-corrected chi connectivity index (χ4v) is 2.44. The molecule has 0 aliphatic heterocycles.